The molecule has 0 saturated heterocycles. The van der Waals surface area contributed by atoms with Crippen molar-refractivity contribution in [1.29, 1.82) is 0 Å². The lowest BCUT2D eigenvalue weighted by Gasteiger charge is -2.19. The average Bonchev–Trinajstić information content (AvgIpc) is 2.61. The van der Waals surface area contributed by atoms with Gasteiger partial charge in [0.1, 0.15) is 5.76 Å². The zero-order valence-corrected chi connectivity index (χ0v) is 17.2. The molecule has 0 radical (unpaired) electrons. The monoisotopic (exact) mass is 410 g/mol. The van der Waals surface area contributed by atoms with Gasteiger partial charge in [-0.1, -0.05) is 54.6 Å². The van der Waals surface area contributed by atoms with E-state index in [1.54, 1.807) is 26.0 Å². The summed E-state index contributed by atoms with van der Waals surface area (Å²) in [5, 5.41) is 0.912. The molecule has 6 nitrogen and oxygen atoms in total. The van der Waals surface area contributed by atoms with Crippen LogP contribution in [0.4, 0.5) is 0 Å². The second-order valence-electron chi connectivity index (χ2n) is 5.63. The molecule has 0 aliphatic heterocycles. The second-order valence-corrected chi connectivity index (χ2v) is 9.12. The highest BCUT2D eigenvalue weighted by molar-refractivity contribution is 7.93. The molecule has 8 heteroatoms. The summed E-state index contributed by atoms with van der Waals surface area (Å²) in [4.78, 5) is 0. The summed E-state index contributed by atoms with van der Waals surface area (Å²) in [5.74, 6) is -0.0951. The third kappa shape index (κ3) is 6.63. The first-order valence-electron chi connectivity index (χ1n) is 8.42. The zero-order chi connectivity index (χ0) is 19.9. The average molecular weight is 410 g/mol. The summed E-state index contributed by atoms with van der Waals surface area (Å²) < 4.78 is 51.9. The molecule has 0 aliphatic rings. The van der Waals surface area contributed by atoms with Crippen LogP contribution in [0.2, 0.25) is 0 Å². The minimum absolute atomic E-state index is 0.0936. The van der Waals surface area contributed by atoms with Crippen LogP contribution in [-0.2, 0) is 28.0 Å². The van der Waals surface area contributed by atoms with Gasteiger partial charge in [0.05, 0.1) is 18.6 Å². The number of hydrogen-bond donors (Lipinski definition) is 0. The van der Waals surface area contributed by atoms with Crippen molar-refractivity contribution in [2.45, 2.75) is 13.8 Å². The molecule has 146 valence electrons. The van der Waals surface area contributed by atoms with E-state index in [2.05, 4.69) is 0 Å². The van der Waals surface area contributed by atoms with Crippen LogP contribution in [0.15, 0.2) is 60.0 Å². The first-order valence-corrected chi connectivity index (χ1v) is 11.8. The molecule has 0 bridgehead atoms. The van der Waals surface area contributed by atoms with Gasteiger partial charge in [0.25, 0.3) is 0 Å². The fourth-order valence-electron chi connectivity index (χ4n) is 2.32. The Kier molecular flexibility index (Phi) is 7.39. The number of phosphoric ester groups is 1. The first-order chi connectivity index (χ1) is 12.8. The number of phosphoric acid groups is 1. The van der Waals surface area contributed by atoms with E-state index in [1.165, 1.54) is 0 Å². The van der Waals surface area contributed by atoms with Gasteiger partial charge in [0.15, 0.2) is 9.84 Å². The standard InChI is InChI=1S/C19H23O6PS/c1-4-23-26(20,24-5-2)25-19(15-27(3,21)22)18-13-11-17(12-14-18)16-9-7-6-8-10-16/h6-15H,4-5H2,1-3H3/b19-15-. The van der Waals surface area contributed by atoms with Gasteiger partial charge >= 0.3 is 7.82 Å². The van der Waals surface area contributed by atoms with Gasteiger partial charge in [0.2, 0.25) is 0 Å². The van der Waals surface area contributed by atoms with E-state index in [1.807, 2.05) is 42.5 Å². The van der Waals surface area contributed by atoms with Crippen LogP contribution >= 0.6 is 7.82 Å². The SMILES string of the molecule is CCOP(=O)(OCC)O/C(=C\S(C)(=O)=O)c1ccc(-c2ccccc2)cc1. The van der Waals surface area contributed by atoms with E-state index in [-0.39, 0.29) is 19.0 Å². The Morgan fingerprint density at radius 3 is 1.93 bits per heavy atom. The lowest BCUT2D eigenvalue weighted by molar-refractivity contribution is 0.159. The first kappa shape index (κ1) is 21.4. The fraction of sp³-hybridized carbons (Fsp3) is 0.263. The summed E-state index contributed by atoms with van der Waals surface area (Å²) in [6.07, 6.45) is 1.03. The molecule has 0 spiro atoms. The molecule has 0 atom stereocenters. The maximum atomic E-state index is 12.7. The Morgan fingerprint density at radius 2 is 1.44 bits per heavy atom. The molecule has 2 aromatic rings. The Morgan fingerprint density at radius 1 is 0.926 bits per heavy atom. The van der Waals surface area contributed by atoms with Crippen LogP contribution in [0.3, 0.4) is 0 Å². The predicted octanol–water partition coefficient (Wildman–Crippen LogP) is 4.89. The van der Waals surface area contributed by atoms with Crippen molar-refractivity contribution in [3.63, 3.8) is 0 Å². The largest absolute Gasteiger partial charge is 0.530 e. The highest BCUT2D eigenvalue weighted by Crippen LogP contribution is 2.52. The summed E-state index contributed by atoms with van der Waals surface area (Å²) in [5.41, 5.74) is 2.42. The number of sulfone groups is 1. The van der Waals surface area contributed by atoms with Crippen molar-refractivity contribution < 1.29 is 26.6 Å². The minimum atomic E-state index is -3.93. The van der Waals surface area contributed by atoms with Crippen molar-refractivity contribution in [2.24, 2.45) is 0 Å². The molecule has 2 rings (SSSR count). The third-order valence-electron chi connectivity index (χ3n) is 3.38. The number of rotatable bonds is 9. The van der Waals surface area contributed by atoms with E-state index in [4.69, 9.17) is 13.6 Å². The van der Waals surface area contributed by atoms with Crippen LogP contribution in [-0.4, -0.2) is 27.9 Å². The lowest BCUT2D eigenvalue weighted by Crippen LogP contribution is -2.02. The van der Waals surface area contributed by atoms with Gasteiger partial charge in [-0.3, -0.25) is 9.05 Å². The summed E-state index contributed by atoms with van der Waals surface area (Å²) >= 11 is 0. The maximum absolute atomic E-state index is 12.7. The van der Waals surface area contributed by atoms with Crippen molar-refractivity contribution in [2.75, 3.05) is 19.5 Å². The minimum Gasteiger partial charge on any atom is -0.403 e. The van der Waals surface area contributed by atoms with Gasteiger partial charge in [-0.25, -0.2) is 13.0 Å². The highest BCUT2D eigenvalue weighted by atomic mass is 32.2. The molecular formula is C19H23O6PS. The Hall–Kier alpha value is -1.92. The molecule has 0 amide bonds. The van der Waals surface area contributed by atoms with Crippen LogP contribution in [0.25, 0.3) is 16.9 Å². The Bertz CT molecular complexity index is 910. The Labute approximate surface area is 160 Å². The third-order valence-corrected chi connectivity index (χ3v) is 5.59. The van der Waals surface area contributed by atoms with Crippen molar-refractivity contribution in [3.8, 4) is 11.1 Å². The fourth-order valence-corrected chi connectivity index (χ4v) is 4.18. The molecular weight excluding hydrogens is 387 g/mol. The molecule has 0 unspecified atom stereocenters. The number of hydrogen-bond acceptors (Lipinski definition) is 6. The molecule has 0 aliphatic carbocycles. The molecule has 27 heavy (non-hydrogen) atoms. The molecule has 0 fully saturated rings. The van der Waals surface area contributed by atoms with Gasteiger partial charge < -0.3 is 4.52 Å². The van der Waals surface area contributed by atoms with Gasteiger partial charge in [-0.2, -0.15) is 0 Å². The predicted molar refractivity (Wildman–Crippen MR) is 107 cm³/mol. The summed E-state index contributed by atoms with van der Waals surface area (Å²) in [7, 11) is -7.48. The normalized spacial score (nSPS) is 12.8. The van der Waals surface area contributed by atoms with Crippen LogP contribution in [0, 0.1) is 0 Å². The van der Waals surface area contributed by atoms with E-state index >= 15 is 0 Å². The molecule has 0 N–H and O–H groups in total. The van der Waals surface area contributed by atoms with E-state index in [9.17, 15) is 13.0 Å². The van der Waals surface area contributed by atoms with Crippen molar-refractivity contribution in [3.05, 3.63) is 65.6 Å². The van der Waals surface area contributed by atoms with E-state index < -0.39 is 17.7 Å². The molecule has 2 aromatic carbocycles. The molecule has 0 heterocycles. The number of benzene rings is 2. The summed E-state index contributed by atoms with van der Waals surface area (Å²) in [6.45, 7) is 3.47. The quantitative estimate of drug-likeness (QED) is 0.432. The van der Waals surface area contributed by atoms with Crippen molar-refractivity contribution in [1.82, 2.24) is 0 Å². The Balaban J connectivity index is 2.40. The highest BCUT2D eigenvalue weighted by Gasteiger charge is 2.29. The zero-order valence-electron chi connectivity index (χ0n) is 15.5. The smallest absolute Gasteiger partial charge is 0.403 e. The van der Waals surface area contributed by atoms with Crippen LogP contribution in [0.1, 0.15) is 19.4 Å². The maximum Gasteiger partial charge on any atom is 0.530 e. The molecule has 0 saturated carbocycles. The van der Waals surface area contributed by atoms with Crippen molar-refractivity contribution >= 4 is 23.4 Å². The van der Waals surface area contributed by atoms with Gasteiger partial charge in [-0.05, 0) is 25.0 Å². The van der Waals surface area contributed by atoms with Gasteiger partial charge in [0, 0.05) is 11.8 Å². The lowest BCUT2D eigenvalue weighted by atomic mass is 10.0. The van der Waals surface area contributed by atoms with E-state index in [0.29, 0.717) is 5.56 Å². The summed E-state index contributed by atoms with van der Waals surface area (Å²) in [6, 6.07) is 16.8. The van der Waals surface area contributed by atoms with E-state index in [0.717, 1.165) is 22.8 Å². The molecule has 0 aromatic heterocycles. The topological polar surface area (TPSA) is 78.9 Å². The van der Waals surface area contributed by atoms with Gasteiger partial charge in [-0.15, -0.1) is 0 Å². The second kappa shape index (κ2) is 9.33. The van der Waals surface area contributed by atoms with Crippen LogP contribution in [0.5, 0.6) is 0 Å². The van der Waals surface area contributed by atoms with Crippen LogP contribution < -0.4 is 0 Å².